The molecule has 132 valence electrons. The summed E-state index contributed by atoms with van der Waals surface area (Å²) in [4.78, 5) is 30.9. The van der Waals surface area contributed by atoms with Crippen molar-refractivity contribution < 1.29 is 24.7 Å². The van der Waals surface area contributed by atoms with E-state index >= 15 is 0 Å². The topological polar surface area (TPSA) is 121 Å². The third kappa shape index (κ3) is 7.68. The van der Waals surface area contributed by atoms with Gasteiger partial charge in [0.1, 0.15) is 0 Å². The molecule has 0 atom stereocenters. The van der Waals surface area contributed by atoms with E-state index in [1.165, 1.54) is 19.4 Å². The molecular weight excluding hydrogens is 316 g/mol. The Morgan fingerprint density at radius 1 is 1.21 bits per heavy atom. The van der Waals surface area contributed by atoms with Crippen molar-refractivity contribution in [1.82, 2.24) is 4.90 Å². The number of nitrogens with zero attached hydrogens (tertiary/aromatic N) is 2. The van der Waals surface area contributed by atoms with Crippen LogP contribution in [0.5, 0.6) is 0 Å². The second kappa shape index (κ2) is 9.61. The van der Waals surface area contributed by atoms with Gasteiger partial charge in [0, 0.05) is 25.2 Å². The maximum Gasteiger partial charge on any atom is 0.414 e. The molecule has 1 aliphatic carbocycles. The quantitative estimate of drug-likeness (QED) is 0.444. The molecule has 0 amide bonds. The highest BCUT2D eigenvalue weighted by molar-refractivity contribution is 6.27. The van der Waals surface area contributed by atoms with Crippen LogP contribution < -0.4 is 0 Å². The maximum atomic E-state index is 10.6. The monoisotopic (exact) mass is 338 g/mol. The minimum absolute atomic E-state index is 0.169. The molecule has 1 aromatic rings. The first-order chi connectivity index (χ1) is 11.3. The lowest BCUT2D eigenvalue weighted by atomic mass is 10.2. The standard InChI is InChI=1S/C14H20N2O2.C2H2O4/c1-2-9-15(10-12-3-4-12)11-13-5-7-14(8-6-13)16(17)18;3-1(4)2(5)6/h5-8,12H,2-4,9-11H2,1H3;(H,3,4)(H,5,6). The zero-order valence-electron chi connectivity index (χ0n) is 13.6. The van der Waals surface area contributed by atoms with E-state index in [4.69, 9.17) is 19.8 Å². The van der Waals surface area contributed by atoms with Crippen LogP contribution in [-0.2, 0) is 16.1 Å². The second-order valence-electron chi connectivity index (χ2n) is 5.71. The lowest BCUT2D eigenvalue weighted by Crippen LogP contribution is -2.26. The fourth-order valence-electron chi connectivity index (χ4n) is 2.20. The zero-order chi connectivity index (χ0) is 18.1. The number of aliphatic carboxylic acids is 2. The van der Waals surface area contributed by atoms with Gasteiger partial charge in [-0.1, -0.05) is 19.1 Å². The first-order valence-electron chi connectivity index (χ1n) is 7.75. The van der Waals surface area contributed by atoms with Gasteiger partial charge >= 0.3 is 11.9 Å². The van der Waals surface area contributed by atoms with Gasteiger partial charge in [0.2, 0.25) is 0 Å². The van der Waals surface area contributed by atoms with E-state index in [9.17, 15) is 10.1 Å². The van der Waals surface area contributed by atoms with Crippen LogP contribution >= 0.6 is 0 Å². The summed E-state index contributed by atoms with van der Waals surface area (Å²) < 4.78 is 0. The van der Waals surface area contributed by atoms with E-state index in [1.807, 2.05) is 12.1 Å². The second-order valence-corrected chi connectivity index (χ2v) is 5.71. The van der Waals surface area contributed by atoms with Crippen molar-refractivity contribution in [3.63, 3.8) is 0 Å². The normalized spacial score (nSPS) is 13.1. The van der Waals surface area contributed by atoms with Gasteiger partial charge in [0.25, 0.3) is 5.69 Å². The van der Waals surface area contributed by atoms with Crippen molar-refractivity contribution in [3.05, 3.63) is 39.9 Å². The Morgan fingerprint density at radius 3 is 2.12 bits per heavy atom. The molecule has 0 aliphatic heterocycles. The third-order valence-corrected chi connectivity index (χ3v) is 3.49. The van der Waals surface area contributed by atoms with Crippen molar-refractivity contribution in [3.8, 4) is 0 Å². The zero-order valence-corrected chi connectivity index (χ0v) is 13.6. The van der Waals surface area contributed by atoms with Crippen LogP contribution in [0.2, 0.25) is 0 Å². The molecule has 8 nitrogen and oxygen atoms in total. The van der Waals surface area contributed by atoms with E-state index in [0.29, 0.717) is 0 Å². The molecule has 0 spiro atoms. The Bertz CT molecular complexity index is 556. The fourth-order valence-corrected chi connectivity index (χ4v) is 2.20. The highest BCUT2D eigenvalue weighted by Crippen LogP contribution is 2.30. The summed E-state index contributed by atoms with van der Waals surface area (Å²) in [5.74, 6) is -2.76. The molecule has 1 fully saturated rings. The van der Waals surface area contributed by atoms with Crippen LogP contribution in [0.4, 0.5) is 5.69 Å². The number of hydrogen-bond donors (Lipinski definition) is 2. The molecule has 1 aliphatic rings. The van der Waals surface area contributed by atoms with Gasteiger partial charge in [-0.15, -0.1) is 0 Å². The Morgan fingerprint density at radius 2 is 1.75 bits per heavy atom. The molecule has 2 N–H and O–H groups in total. The van der Waals surface area contributed by atoms with Crippen LogP contribution in [0, 0.1) is 16.0 Å². The van der Waals surface area contributed by atoms with Crippen molar-refractivity contribution in [1.29, 1.82) is 0 Å². The molecule has 0 heterocycles. The van der Waals surface area contributed by atoms with Crippen molar-refractivity contribution in [2.24, 2.45) is 5.92 Å². The van der Waals surface area contributed by atoms with Gasteiger partial charge in [-0.25, -0.2) is 9.59 Å². The predicted octanol–water partition coefficient (Wildman–Crippen LogP) is 2.37. The number of rotatable bonds is 7. The summed E-state index contributed by atoms with van der Waals surface area (Å²) >= 11 is 0. The van der Waals surface area contributed by atoms with Crippen LogP contribution in [0.1, 0.15) is 31.7 Å². The minimum atomic E-state index is -1.82. The molecule has 2 rings (SSSR count). The van der Waals surface area contributed by atoms with Gasteiger partial charge in [0.15, 0.2) is 0 Å². The molecular formula is C16H22N2O6. The number of nitro groups is 1. The van der Waals surface area contributed by atoms with Crippen LogP contribution in [-0.4, -0.2) is 45.1 Å². The Balaban J connectivity index is 0.000000413. The Kier molecular flexibility index (Phi) is 7.84. The van der Waals surface area contributed by atoms with Gasteiger partial charge in [0.05, 0.1) is 4.92 Å². The molecule has 0 bridgehead atoms. The first kappa shape index (κ1) is 19.6. The minimum Gasteiger partial charge on any atom is -0.473 e. The van der Waals surface area contributed by atoms with E-state index < -0.39 is 11.9 Å². The van der Waals surface area contributed by atoms with Crippen LogP contribution in [0.3, 0.4) is 0 Å². The smallest absolute Gasteiger partial charge is 0.414 e. The summed E-state index contributed by atoms with van der Waals surface area (Å²) in [6, 6.07) is 6.93. The van der Waals surface area contributed by atoms with Gasteiger partial charge in [-0.05, 0) is 37.3 Å². The molecule has 0 radical (unpaired) electrons. The molecule has 1 saturated carbocycles. The SMILES string of the molecule is CCCN(Cc1ccc([N+](=O)[O-])cc1)CC1CC1.O=C(O)C(=O)O. The largest absolute Gasteiger partial charge is 0.473 e. The number of nitro benzene ring substituents is 1. The number of non-ortho nitro benzene ring substituents is 1. The van der Waals surface area contributed by atoms with E-state index in [-0.39, 0.29) is 10.6 Å². The average molecular weight is 338 g/mol. The summed E-state index contributed by atoms with van der Waals surface area (Å²) in [7, 11) is 0. The number of hydrogen-bond acceptors (Lipinski definition) is 5. The number of carboxylic acid groups (broad SMARTS) is 2. The highest BCUT2D eigenvalue weighted by Gasteiger charge is 2.23. The van der Waals surface area contributed by atoms with Crippen molar-refractivity contribution in [2.75, 3.05) is 13.1 Å². The lowest BCUT2D eigenvalue weighted by Gasteiger charge is -2.21. The summed E-state index contributed by atoms with van der Waals surface area (Å²) in [6.07, 6.45) is 3.88. The highest BCUT2D eigenvalue weighted by atomic mass is 16.6. The van der Waals surface area contributed by atoms with Crippen molar-refractivity contribution >= 4 is 17.6 Å². The van der Waals surface area contributed by atoms with Gasteiger partial charge < -0.3 is 10.2 Å². The van der Waals surface area contributed by atoms with Crippen LogP contribution in [0.25, 0.3) is 0 Å². The van der Waals surface area contributed by atoms with Gasteiger partial charge in [-0.2, -0.15) is 0 Å². The van der Waals surface area contributed by atoms with E-state index in [1.54, 1.807) is 12.1 Å². The summed E-state index contributed by atoms with van der Waals surface area (Å²) in [6.45, 7) is 5.37. The van der Waals surface area contributed by atoms with Crippen molar-refractivity contribution in [2.45, 2.75) is 32.7 Å². The van der Waals surface area contributed by atoms with Gasteiger partial charge in [-0.3, -0.25) is 15.0 Å². The molecule has 8 heteroatoms. The molecule has 0 aromatic heterocycles. The number of carboxylic acids is 2. The molecule has 0 saturated heterocycles. The Labute approximate surface area is 139 Å². The molecule has 24 heavy (non-hydrogen) atoms. The Hall–Kier alpha value is -2.48. The third-order valence-electron chi connectivity index (χ3n) is 3.49. The first-order valence-corrected chi connectivity index (χ1v) is 7.75. The van der Waals surface area contributed by atoms with E-state index in [0.717, 1.165) is 31.0 Å². The number of carbonyl (C=O) groups is 2. The molecule has 0 unspecified atom stereocenters. The predicted molar refractivity (Wildman–Crippen MR) is 86.7 cm³/mol. The summed E-state index contributed by atoms with van der Waals surface area (Å²) in [5, 5.41) is 25.4. The lowest BCUT2D eigenvalue weighted by molar-refractivity contribution is -0.384. The molecule has 1 aromatic carbocycles. The average Bonchev–Trinajstić information content (AvgIpc) is 3.32. The number of benzene rings is 1. The fraction of sp³-hybridized carbons (Fsp3) is 0.500. The van der Waals surface area contributed by atoms with Crippen LogP contribution in [0.15, 0.2) is 24.3 Å². The van der Waals surface area contributed by atoms with E-state index in [2.05, 4.69) is 11.8 Å². The maximum absolute atomic E-state index is 10.6. The summed E-state index contributed by atoms with van der Waals surface area (Å²) in [5.41, 5.74) is 1.33.